The molecule has 2 aliphatic heterocycles. The maximum atomic E-state index is 11.0. The van der Waals surface area contributed by atoms with Crippen molar-refractivity contribution in [2.24, 2.45) is 0 Å². The van der Waals surface area contributed by atoms with Crippen molar-refractivity contribution < 1.29 is 14.3 Å². The van der Waals surface area contributed by atoms with Crippen LogP contribution in [0.25, 0.3) is 11.1 Å². The van der Waals surface area contributed by atoms with E-state index in [0.717, 1.165) is 29.5 Å². The van der Waals surface area contributed by atoms with Gasteiger partial charge in [0.2, 0.25) is 0 Å². The van der Waals surface area contributed by atoms with Crippen LogP contribution in [0, 0.1) is 6.92 Å². The Bertz CT molecular complexity index is 621. The molecule has 0 radical (unpaired) electrons. The molecule has 4 nitrogen and oxygen atoms in total. The van der Waals surface area contributed by atoms with Crippen LogP contribution in [0.5, 0.6) is 0 Å². The Morgan fingerprint density at radius 2 is 2.00 bits per heavy atom. The molecule has 0 saturated carbocycles. The van der Waals surface area contributed by atoms with Crippen LogP contribution >= 0.6 is 0 Å². The van der Waals surface area contributed by atoms with Gasteiger partial charge in [-0.05, 0) is 30.5 Å². The topological polar surface area (TPSA) is 55.5 Å². The van der Waals surface area contributed by atoms with Gasteiger partial charge in [-0.3, -0.25) is 0 Å². The van der Waals surface area contributed by atoms with Crippen molar-refractivity contribution in [1.82, 2.24) is 4.98 Å². The van der Waals surface area contributed by atoms with Crippen LogP contribution in [0.4, 0.5) is 0 Å². The molecule has 2 fully saturated rings. The van der Waals surface area contributed by atoms with Gasteiger partial charge in [-0.1, -0.05) is 6.07 Å². The lowest BCUT2D eigenvalue weighted by molar-refractivity contribution is -0.115. The van der Waals surface area contributed by atoms with Crippen molar-refractivity contribution in [2.75, 3.05) is 0 Å². The molecule has 3 heterocycles. The Morgan fingerprint density at radius 1 is 1.26 bits per heavy atom. The lowest BCUT2D eigenvalue weighted by Crippen LogP contribution is -2.38. The fourth-order valence-corrected chi connectivity index (χ4v) is 3.48. The molecule has 0 aliphatic carbocycles. The first-order chi connectivity index (χ1) is 9.12. The first kappa shape index (κ1) is 11.4. The summed E-state index contributed by atoms with van der Waals surface area (Å²) in [5, 5.41) is 11.0. The second-order valence-corrected chi connectivity index (χ2v) is 5.81. The zero-order valence-electron chi connectivity index (χ0n) is 10.9. The minimum atomic E-state index is -0.773. The summed E-state index contributed by atoms with van der Waals surface area (Å²) in [7, 11) is 0. The summed E-state index contributed by atoms with van der Waals surface area (Å²) in [4.78, 5) is 4.34. The van der Waals surface area contributed by atoms with E-state index in [2.05, 4.69) is 4.98 Å². The van der Waals surface area contributed by atoms with Crippen molar-refractivity contribution in [1.29, 1.82) is 0 Å². The molecule has 2 aliphatic rings. The van der Waals surface area contributed by atoms with Gasteiger partial charge in [0.15, 0.2) is 11.5 Å². The summed E-state index contributed by atoms with van der Waals surface area (Å²) in [6.07, 6.45) is 3.92. The van der Waals surface area contributed by atoms with Crippen LogP contribution in [0.15, 0.2) is 22.6 Å². The van der Waals surface area contributed by atoms with Gasteiger partial charge in [-0.25, -0.2) is 4.98 Å². The maximum Gasteiger partial charge on any atom is 0.192 e. The van der Waals surface area contributed by atoms with Gasteiger partial charge >= 0.3 is 0 Å². The zero-order valence-corrected chi connectivity index (χ0v) is 10.9. The number of benzene rings is 1. The summed E-state index contributed by atoms with van der Waals surface area (Å²) in [6.45, 7) is 1.84. The van der Waals surface area contributed by atoms with Crippen LogP contribution in [-0.4, -0.2) is 22.3 Å². The van der Waals surface area contributed by atoms with Crippen LogP contribution in [0.2, 0.25) is 0 Å². The van der Waals surface area contributed by atoms with E-state index in [9.17, 15) is 5.11 Å². The summed E-state index contributed by atoms with van der Waals surface area (Å²) in [5.74, 6) is 0.659. The molecule has 2 unspecified atom stereocenters. The Balaban J connectivity index is 1.76. The van der Waals surface area contributed by atoms with E-state index in [-0.39, 0.29) is 12.2 Å². The van der Waals surface area contributed by atoms with E-state index in [0.29, 0.717) is 18.7 Å². The number of hydrogen-bond acceptors (Lipinski definition) is 4. The van der Waals surface area contributed by atoms with E-state index in [1.54, 1.807) is 0 Å². The monoisotopic (exact) mass is 259 g/mol. The number of aryl methyl sites for hydroxylation is 1. The predicted octanol–water partition coefficient (Wildman–Crippen LogP) is 2.67. The van der Waals surface area contributed by atoms with Crippen LogP contribution in [-0.2, 0) is 10.3 Å². The van der Waals surface area contributed by atoms with Crippen LogP contribution in [0.1, 0.15) is 37.1 Å². The molecule has 4 heteroatoms. The number of fused-ring (bicyclic) bond motifs is 3. The smallest absolute Gasteiger partial charge is 0.192 e. The zero-order chi connectivity index (χ0) is 13.0. The lowest BCUT2D eigenvalue weighted by Gasteiger charge is -2.36. The number of rotatable bonds is 1. The molecule has 1 N–H and O–H groups in total. The average Bonchev–Trinajstić information content (AvgIpc) is 2.90. The van der Waals surface area contributed by atoms with Gasteiger partial charge in [0.25, 0.3) is 0 Å². The number of aliphatic hydroxyl groups is 1. The van der Waals surface area contributed by atoms with Gasteiger partial charge in [0, 0.05) is 19.8 Å². The van der Waals surface area contributed by atoms with Crippen molar-refractivity contribution in [3.63, 3.8) is 0 Å². The molecule has 2 bridgehead atoms. The highest BCUT2D eigenvalue weighted by molar-refractivity contribution is 5.73. The third-order valence-corrected chi connectivity index (χ3v) is 4.36. The highest BCUT2D eigenvalue weighted by Gasteiger charge is 2.44. The fraction of sp³-hybridized carbons (Fsp3) is 0.533. The molecule has 1 aromatic heterocycles. The van der Waals surface area contributed by atoms with Gasteiger partial charge in [-0.15, -0.1) is 0 Å². The van der Waals surface area contributed by atoms with E-state index in [4.69, 9.17) is 9.15 Å². The quantitative estimate of drug-likeness (QED) is 0.855. The van der Waals surface area contributed by atoms with Crippen molar-refractivity contribution in [2.45, 2.75) is 50.4 Å². The van der Waals surface area contributed by atoms with Crippen molar-refractivity contribution in [3.8, 4) is 0 Å². The second-order valence-electron chi connectivity index (χ2n) is 5.81. The normalized spacial score (nSPS) is 34.0. The van der Waals surface area contributed by atoms with Crippen LogP contribution in [0.3, 0.4) is 0 Å². The standard InChI is InChI=1S/C15H17NO3/c1-9-16-13-6-10(2-5-14(13)18-9)15(17)7-11-3-4-12(8-15)19-11/h2,5-6,11-12,17H,3-4,7-8H2,1H3. The molecule has 2 atom stereocenters. The molecule has 4 rings (SSSR count). The van der Waals surface area contributed by atoms with Gasteiger partial charge in [-0.2, -0.15) is 0 Å². The maximum absolute atomic E-state index is 11.0. The lowest BCUT2D eigenvalue weighted by atomic mass is 9.83. The van der Waals surface area contributed by atoms with E-state index in [1.807, 2.05) is 25.1 Å². The molecule has 19 heavy (non-hydrogen) atoms. The minimum absolute atomic E-state index is 0.207. The summed E-state index contributed by atoms with van der Waals surface area (Å²) in [5.41, 5.74) is 1.76. The molecule has 2 aromatic rings. The Labute approximate surface area is 111 Å². The summed E-state index contributed by atoms with van der Waals surface area (Å²) < 4.78 is 11.3. The predicted molar refractivity (Wildman–Crippen MR) is 69.8 cm³/mol. The molecule has 100 valence electrons. The van der Waals surface area contributed by atoms with E-state index in [1.165, 1.54) is 0 Å². The van der Waals surface area contributed by atoms with E-state index >= 15 is 0 Å². The van der Waals surface area contributed by atoms with Crippen molar-refractivity contribution in [3.05, 3.63) is 29.7 Å². The molecular weight excluding hydrogens is 242 g/mol. The average molecular weight is 259 g/mol. The second kappa shape index (κ2) is 3.81. The molecular formula is C15H17NO3. The molecule has 0 amide bonds. The van der Waals surface area contributed by atoms with Gasteiger partial charge < -0.3 is 14.3 Å². The number of oxazole rings is 1. The third kappa shape index (κ3) is 1.78. The highest BCUT2D eigenvalue weighted by atomic mass is 16.5. The largest absolute Gasteiger partial charge is 0.441 e. The molecule has 1 aromatic carbocycles. The first-order valence-corrected chi connectivity index (χ1v) is 6.88. The summed E-state index contributed by atoms with van der Waals surface area (Å²) >= 11 is 0. The minimum Gasteiger partial charge on any atom is -0.441 e. The van der Waals surface area contributed by atoms with E-state index < -0.39 is 5.60 Å². The van der Waals surface area contributed by atoms with Crippen LogP contribution < -0.4 is 0 Å². The summed E-state index contributed by atoms with van der Waals surface area (Å²) in [6, 6.07) is 5.81. The fourth-order valence-electron chi connectivity index (χ4n) is 3.48. The third-order valence-electron chi connectivity index (χ3n) is 4.36. The van der Waals surface area contributed by atoms with Crippen molar-refractivity contribution >= 4 is 11.1 Å². The Morgan fingerprint density at radius 3 is 2.74 bits per heavy atom. The van der Waals surface area contributed by atoms with Gasteiger partial charge in [0.05, 0.1) is 17.8 Å². The SMILES string of the molecule is Cc1nc2cc(C3(O)CC4CCC(C3)O4)ccc2o1. The van der Waals surface area contributed by atoms with Gasteiger partial charge in [0.1, 0.15) is 5.52 Å². The number of hydrogen-bond donors (Lipinski definition) is 1. The number of aromatic nitrogens is 1. The molecule has 0 spiro atoms. The number of nitrogens with zero attached hydrogens (tertiary/aromatic N) is 1. The number of ether oxygens (including phenoxy) is 1. The Kier molecular flexibility index (Phi) is 2.29. The highest BCUT2D eigenvalue weighted by Crippen LogP contribution is 2.44. The Hall–Kier alpha value is -1.39. The first-order valence-electron chi connectivity index (χ1n) is 6.88. The molecule has 2 saturated heterocycles.